The highest BCUT2D eigenvalue weighted by Gasteiger charge is 2.36. The van der Waals surface area contributed by atoms with Crippen molar-refractivity contribution in [3.8, 4) is 0 Å². The van der Waals surface area contributed by atoms with Crippen LogP contribution in [0.15, 0.2) is 29.5 Å². The summed E-state index contributed by atoms with van der Waals surface area (Å²) < 4.78 is 0.298. The summed E-state index contributed by atoms with van der Waals surface area (Å²) in [5.74, 6) is 0.143. The Morgan fingerprint density at radius 1 is 1.12 bits per heavy atom. The van der Waals surface area contributed by atoms with Gasteiger partial charge in [-0.15, -0.1) is 0 Å². The van der Waals surface area contributed by atoms with E-state index in [1.165, 1.54) is 57.8 Å². The lowest BCUT2D eigenvalue weighted by molar-refractivity contribution is -0.778. The molecule has 1 unspecified atom stereocenters. The zero-order valence-corrected chi connectivity index (χ0v) is 16.5. The molecule has 3 N–H and O–H groups in total. The molecule has 1 aliphatic rings. The molecule has 1 aliphatic heterocycles. The minimum Gasteiger partial charge on any atom is -0.477 e. The lowest BCUT2D eigenvalue weighted by Crippen LogP contribution is -2.52. The van der Waals surface area contributed by atoms with E-state index in [1.54, 1.807) is 6.20 Å². The van der Waals surface area contributed by atoms with Crippen LogP contribution in [-0.2, 0) is 4.79 Å². The molecule has 0 fully saturated rings. The topological polar surface area (TPSA) is 75.7 Å². The molecular formula is C21H38N3O2+. The average molecular weight is 365 g/mol. The van der Waals surface area contributed by atoms with Gasteiger partial charge < -0.3 is 10.8 Å². The quantitative estimate of drug-likeness (QED) is 0.239. The van der Waals surface area contributed by atoms with E-state index in [9.17, 15) is 9.90 Å². The third-order valence-corrected chi connectivity index (χ3v) is 4.95. The fraction of sp³-hybridized carbons (Fsp3) is 0.714. The number of aliphatic imine (C=N–C) groups is 1. The first kappa shape index (κ1) is 22.6. The minimum atomic E-state index is -0.806. The molecular weight excluding hydrogens is 326 g/mol. The summed E-state index contributed by atoms with van der Waals surface area (Å²) in [6.07, 6.45) is 21.5. The van der Waals surface area contributed by atoms with Crippen LogP contribution < -0.4 is 5.73 Å². The normalized spacial score (nSPS) is 19.4. The van der Waals surface area contributed by atoms with Crippen molar-refractivity contribution in [1.29, 1.82) is 0 Å². The Morgan fingerprint density at radius 2 is 1.77 bits per heavy atom. The minimum absolute atomic E-state index is 0.0373. The van der Waals surface area contributed by atoms with Crippen LogP contribution in [0.25, 0.3) is 0 Å². The summed E-state index contributed by atoms with van der Waals surface area (Å²) in [6.45, 7) is 3.34. The Kier molecular flexibility index (Phi) is 11.9. The molecule has 148 valence electrons. The van der Waals surface area contributed by atoms with Crippen molar-refractivity contribution < 1.29 is 14.4 Å². The van der Waals surface area contributed by atoms with E-state index >= 15 is 0 Å². The lowest BCUT2D eigenvalue weighted by Gasteiger charge is -2.30. The number of carbonyl (C=O) groups is 1. The van der Waals surface area contributed by atoms with Crippen LogP contribution in [0.1, 0.15) is 77.6 Å². The van der Waals surface area contributed by atoms with Gasteiger partial charge in [-0.05, 0) is 32.1 Å². The second kappa shape index (κ2) is 13.7. The van der Waals surface area contributed by atoms with Crippen molar-refractivity contribution in [3.63, 3.8) is 0 Å². The molecule has 0 radical (unpaired) electrons. The van der Waals surface area contributed by atoms with Gasteiger partial charge in [0.2, 0.25) is 5.84 Å². The average Bonchev–Trinajstić information content (AvgIpc) is 2.97. The predicted molar refractivity (Wildman–Crippen MR) is 109 cm³/mol. The first-order chi connectivity index (χ1) is 12.6. The van der Waals surface area contributed by atoms with E-state index in [0.717, 1.165) is 18.7 Å². The predicted octanol–water partition coefficient (Wildman–Crippen LogP) is 4.60. The number of hydrogen-bond acceptors (Lipinski definition) is 3. The van der Waals surface area contributed by atoms with E-state index in [1.807, 2.05) is 6.20 Å². The molecule has 0 aromatic rings. The van der Waals surface area contributed by atoms with Gasteiger partial charge in [-0.2, -0.15) is 0 Å². The molecule has 0 bridgehead atoms. The maximum atomic E-state index is 11.2. The van der Waals surface area contributed by atoms with Crippen LogP contribution in [0.4, 0.5) is 0 Å². The Labute approximate surface area is 159 Å². The summed E-state index contributed by atoms with van der Waals surface area (Å²) in [5.41, 5.74) is 5.70. The molecule has 1 atom stereocenters. The van der Waals surface area contributed by atoms with E-state index in [4.69, 9.17) is 5.73 Å². The number of allylic oxidation sites excluding steroid dienone is 2. The summed E-state index contributed by atoms with van der Waals surface area (Å²) in [4.78, 5) is 15.6. The number of carboxylic acid groups (broad SMARTS) is 1. The van der Waals surface area contributed by atoms with Gasteiger partial charge in [0.15, 0.2) is 6.54 Å². The number of unbranched alkanes of at least 4 members (excludes halogenated alkanes) is 8. The SMILES string of the molecule is CCCCCC/C=C/CCCCCCC1=NC=C[N+]1(CCN)CC(=O)O. The van der Waals surface area contributed by atoms with Crippen molar-refractivity contribution >= 4 is 11.8 Å². The fourth-order valence-corrected chi connectivity index (χ4v) is 3.46. The van der Waals surface area contributed by atoms with Gasteiger partial charge >= 0.3 is 5.97 Å². The summed E-state index contributed by atoms with van der Waals surface area (Å²) in [6, 6.07) is 0. The van der Waals surface area contributed by atoms with Crippen LogP contribution in [0.5, 0.6) is 0 Å². The van der Waals surface area contributed by atoms with Crippen LogP contribution in [0, 0.1) is 0 Å². The molecule has 0 saturated carbocycles. The second-order valence-corrected chi connectivity index (χ2v) is 7.22. The van der Waals surface area contributed by atoms with Gasteiger partial charge in [0.05, 0.1) is 6.20 Å². The van der Waals surface area contributed by atoms with Crippen molar-refractivity contribution in [3.05, 3.63) is 24.6 Å². The van der Waals surface area contributed by atoms with Crippen LogP contribution in [0.3, 0.4) is 0 Å². The second-order valence-electron chi connectivity index (χ2n) is 7.22. The van der Waals surface area contributed by atoms with Gasteiger partial charge in [0.25, 0.3) is 0 Å². The third kappa shape index (κ3) is 8.77. The molecule has 0 aromatic heterocycles. The first-order valence-electron chi connectivity index (χ1n) is 10.3. The number of hydrogen-bond donors (Lipinski definition) is 2. The molecule has 5 heteroatoms. The third-order valence-electron chi connectivity index (χ3n) is 4.95. The van der Waals surface area contributed by atoms with E-state index in [2.05, 4.69) is 24.1 Å². The van der Waals surface area contributed by atoms with Crippen LogP contribution >= 0.6 is 0 Å². The molecule has 0 spiro atoms. The number of nitrogens with zero attached hydrogens (tertiary/aromatic N) is 2. The number of carboxylic acids is 1. The fourth-order valence-electron chi connectivity index (χ4n) is 3.46. The lowest BCUT2D eigenvalue weighted by atomic mass is 10.1. The largest absolute Gasteiger partial charge is 0.477 e. The Balaban J connectivity index is 2.15. The van der Waals surface area contributed by atoms with Gasteiger partial charge in [0.1, 0.15) is 12.7 Å². The zero-order chi connectivity index (χ0) is 19.1. The van der Waals surface area contributed by atoms with Crippen LogP contribution in [0.2, 0.25) is 0 Å². The Morgan fingerprint density at radius 3 is 2.38 bits per heavy atom. The maximum Gasteiger partial charge on any atom is 0.360 e. The molecule has 0 saturated heterocycles. The van der Waals surface area contributed by atoms with E-state index in [0.29, 0.717) is 17.6 Å². The summed E-state index contributed by atoms with van der Waals surface area (Å²) >= 11 is 0. The standard InChI is InChI=1S/C21H37N3O2/c1-2-3-4-5-6-7-8-9-10-11-12-13-14-20-23-16-18-24(20,17-15-22)19-21(25)26/h7-8,16,18H,2-6,9-15,17,19,22H2,1H3/p+1/b8-7+. The first-order valence-corrected chi connectivity index (χ1v) is 10.3. The smallest absolute Gasteiger partial charge is 0.360 e. The maximum absolute atomic E-state index is 11.2. The number of amidine groups is 1. The monoisotopic (exact) mass is 364 g/mol. The van der Waals surface area contributed by atoms with Gasteiger partial charge in [-0.3, -0.25) is 0 Å². The van der Waals surface area contributed by atoms with Crippen LogP contribution in [-0.4, -0.2) is 41.0 Å². The molecule has 0 amide bonds. The zero-order valence-electron chi connectivity index (χ0n) is 16.5. The highest BCUT2D eigenvalue weighted by Crippen LogP contribution is 2.21. The van der Waals surface area contributed by atoms with Crippen molar-refractivity contribution in [1.82, 2.24) is 0 Å². The molecule has 0 aromatic carbocycles. The van der Waals surface area contributed by atoms with Crippen molar-refractivity contribution in [2.75, 3.05) is 19.6 Å². The highest BCUT2D eigenvalue weighted by molar-refractivity contribution is 5.81. The van der Waals surface area contributed by atoms with E-state index in [-0.39, 0.29) is 6.54 Å². The Hall–Kier alpha value is -1.46. The molecule has 5 nitrogen and oxygen atoms in total. The number of quaternary nitrogens is 1. The molecule has 1 heterocycles. The number of rotatable bonds is 16. The molecule has 0 aliphatic carbocycles. The van der Waals surface area contributed by atoms with Gasteiger partial charge in [-0.25, -0.2) is 14.3 Å². The van der Waals surface area contributed by atoms with Gasteiger partial charge in [0, 0.05) is 13.0 Å². The summed E-state index contributed by atoms with van der Waals surface area (Å²) in [5, 5.41) is 9.20. The number of nitrogens with two attached hydrogens (primary N) is 1. The highest BCUT2D eigenvalue weighted by atomic mass is 16.4. The number of aliphatic carboxylic acids is 1. The van der Waals surface area contributed by atoms with Crippen molar-refractivity contribution in [2.24, 2.45) is 10.7 Å². The van der Waals surface area contributed by atoms with E-state index < -0.39 is 5.97 Å². The molecule has 1 rings (SSSR count). The molecule has 26 heavy (non-hydrogen) atoms. The van der Waals surface area contributed by atoms with Gasteiger partial charge in [-0.1, -0.05) is 51.2 Å². The van der Waals surface area contributed by atoms with Crippen molar-refractivity contribution in [2.45, 2.75) is 77.6 Å². The Bertz CT molecular complexity index is 486. The summed E-state index contributed by atoms with van der Waals surface area (Å²) in [7, 11) is 0.